The second-order valence-electron chi connectivity index (χ2n) is 8.62. The fraction of sp³-hybridized carbons (Fsp3) is 0.720. The van der Waals surface area contributed by atoms with Crippen LogP contribution in [0.25, 0.3) is 0 Å². The van der Waals surface area contributed by atoms with Crippen molar-refractivity contribution < 1.29 is 4.79 Å². The molecule has 1 aliphatic heterocycles. The molecule has 0 spiro atoms. The number of likely N-dealkylation sites (tertiary alicyclic amines) is 1. The summed E-state index contributed by atoms with van der Waals surface area (Å²) in [5.74, 6) is 1.04. The summed E-state index contributed by atoms with van der Waals surface area (Å²) in [4.78, 5) is 16.9. The minimum atomic E-state index is 0.196. The van der Waals surface area contributed by atoms with Gasteiger partial charge in [0.1, 0.15) is 0 Å². The van der Waals surface area contributed by atoms with Gasteiger partial charge in [-0.15, -0.1) is 0 Å². The maximum atomic E-state index is 11.7. The number of carbonyl (C=O) groups excluding carboxylic acids is 1. The molecular formula is C25H43N3O. The molecule has 1 aromatic carbocycles. The number of hydrogen-bond acceptors (Lipinski definition) is 3. The molecule has 1 fully saturated rings. The van der Waals surface area contributed by atoms with Crippen LogP contribution in [0.15, 0.2) is 30.3 Å². The van der Waals surface area contributed by atoms with E-state index in [4.69, 9.17) is 0 Å². The van der Waals surface area contributed by atoms with Crippen LogP contribution in [0.4, 0.5) is 0 Å². The Kier molecular flexibility index (Phi) is 12.0. The van der Waals surface area contributed by atoms with Crippen LogP contribution in [0.5, 0.6) is 0 Å². The summed E-state index contributed by atoms with van der Waals surface area (Å²) in [6, 6.07) is 11.0. The minimum Gasteiger partial charge on any atom is -0.355 e. The van der Waals surface area contributed by atoms with Gasteiger partial charge in [0.25, 0.3) is 0 Å². The summed E-state index contributed by atoms with van der Waals surface area (Å²) in [6.45, 7) is 12.1. The van der Waals surface area contributed by atoms with Gasteiger partial charge < -0.3 is 15.1 Å². The van der Waals surface area contributed by atoms with Gasteiger partial charge in [-0.1, -0.05) is 50.6 Å². The van der Waals surface area contributed by atoms with E-state index in [2.05, 4.69) is 59.3 Å². The molecule has 0 saturated carbocycles. The highest BCUT2D eigenvalue weighted by atomic mass is 16.1. The van der Waals surface area contributed by atoms with Gasteiger partial charge in [0.2, 0.25) is 5.91 Å². The predicted molar refractivity (Wildman–Crippen MR) is 123 cm³/mol. The van der Waals surface area contributed by atoms with E-state index in [1.807, 2.05) is 0 Å². The first-order chi connectivity index (χ1) is 14.2. The summed E-state index contributed by atoms with van der Waals surface area (Å²) in [7, 11) is 0. The second kappa shape index (κ2) is 14.6. The Morgan fingerprint density at radius 1 is 1.03 bits per heavy atom. The van der Waals surface area contributed by atoms with Crippen molar-refractivity contribution in [2.24, 2.45) is 5.92 Å². The van der Waals surface area contributed by atoms with Crippen LogP contribution in [0, 0.1) is 5.92 Å². The zero-order valence-corrected chi connectivity index (χ0v) is 18.9. The van der Waals surface area contributed by atoms with Gasteiger partial charge in [-0.25, -0.2) is 0 Å². The van der Waals surface area contributed by atoms with E-state index in [-0.39, 0.29) is 5.91 Å². The van der Waals surface area contributed by atoms with Crippen LogP contribution >= 0.6 is 0 Å². The molecule has 1 heterocycles. The number of rotatable bonds is 14. The van der Waals surface area contributed by atoms with Gasteiger partial charge >= 0.3 is 0 Å². The summed E-state index contributed by atoms with van der Waals surface area (Å²) in [5.41, 5.74) is 1.49. The molecule has 1 N–H and O–H groups in total. The molecule has 29 heavy (non-hydrogen) atoms. The molecule has 1 amide bonds. The van der Waals surface area contributed by atoms with Gasteiger partial charge in [0.15, 0.2) is 0 Å². The number of carbonyl (C=O) groups is 1. The molecular weight excluding hydrogens is 358 g/mol. The van der Waals surface area contributed by atoms with E-state index in [0.717, 1.165) is 38.5 Å². The lowest BCUT2D eigenvalue weighted by atomic mass is 9.90. The fourth-order valence-corrected chi connectivity index (χ4v) is 4.27. The third kappa shape index (κ3) is 10.3. The van der Waals surface area contributed by atoms with Crippen molar-refractivity contribution in [3.8, 4) is 0 Å². The molecule has 1 aliphatic rings. The van der Waals surface area contributed by atoms with Crippen molar-refractivity contribution in [3.63, 3.8) is 0 Å². The average Bonchev–Trinajstić information content (AvgIpc) is 2.74. The molecule has 1 aromatic rings. The summed E-state index contributed by atoms with van der Waals surface area (Å²) < 4.78 is 0. The Morgan fingerprint density at radius 3 is 2.45 bits per heavy atom. The van der Waals surface area contributed by atoms with E-state index < -0.39 is 0 Å². The largest absolute Gasteiger partial charge is 0.355 e. The number of hydrogen-bond donors (Lipinski definition) is 1. The van der Waals surface area contributed by atoms with Crippen LogP contribution in [0.2, 0.25) is 0 Å². The zero-order chi connectivity index (χ0) is 20.7. The third-order valence-electron chi connectivity index (χ3n) is 6.08. The smallest absolute Gasteiger partial charge is 0.220 e. The van der Waals surface area contributed by atoms with Crippen LogP contribution < -0.4 is 5.32 Å². The zero-order valence-electron chi connectivity index (χ0n) is 18.9. The lowest BCUT2D eigenvalue weighted by Crippen LogP contribution is -2.38. The highest BCUT2D eigenvalue weighted by Gasteiger charge is 2.19. The molecule has 0 bridgehead atoms. The highest BCUT2D eigenvalue weighted by molar-refractivity contribution is 5.75. The van der Waals surface area contributed by atoms with Crippen LogP contribution in [0.1, 0.15) is 64.4 Å². The van der Waals surface area contributed by atoms with Crippen LogP contribution in [-0.4, -0.2) is 61.5 Å². The van der Waals surface area contributed by atoms with E-state index in [1.54, 1.807) is 0 Å². The monoisotopic (exact) mass is 401 g/mol. The summed E-state index contributed by atoms with van der Waals surface area (Å²) in [5, 5.41) is 3.06. The van der Waals surface area contributed by atoms with Crippen molar-refractivity contribution in [3.05, 3.63) is 35.9 Å². The molecule has 4 nitrogen and oxygen atoms in total. The van der Waals surface area contributed by atoms with E-state index in [9.17, 15) is 4.79 Å². The SMILES string of the molecule is CCCCN(CCCN1CCC(Cc2ccccc2)CC1)CCNC(=O)CCC. The van der Waals surface area contributed by atoms with Crippen molar-refractivity contribution >= 4 is 5.91 Å². The number of nitrogens with zero attached hydrogens (tertiary/aromatic N) is 2. The fourth-order valence-electron chi connectivity index (χ4n) is 4.27. The van der Waals surface area contributed by atoms with E-state index >= 15 is 0 Å². The number of piperidine rings is 1. The van der Waals surface area contributed by atoms with E-state index in [1.165, 1.54) is 63.7 Å². The van der Waals surface area contributed by atoms with E-state index in [0.29, 0.717) is 6.42 Å². The molecule has 0 unspecified atom stereocenters. The summed E-state index contributed by atoms with van der Waals surface area (Å²) in [6.07, 6.45) is 9.18. The summed E-state index contributed by atoms with van der Waals surface area (Å²) >= 11 is 0. The van der Waals surface area contributed by atoms with Crippen molar-refractivity contribution in [2.45, 2.75) is 65.2 Å². The predicted octanol–water partition coefficient (Wildman–Crippen LogP) is 4.35. The quantitative estimate of drug-likeness (QED) is 0.503. The lowest BCUT2D eigenvalue weighted by molar-refractivity contribution is -0.121. The molecule has 4 heteroatoms. The van der Waals surface area contributed by atoms with Crippen molar-refractivity contribution in [1.82, 2.24) is 15.1 Å². The first-order valence-corrected chi connectivity index (χ1v) is 12.0. The first kappa shape index (κ1) is 23.9. The molecule has 164 valence electrons. The molecule has 0 aliphatic carbocycles. The van der Waals surface area contributed by atoms with Gasteiger partial charge in [0, 0.05) is 19.5 Å². The standard InChI is InChI=1S/C25H43N3O/c1-3-5-16-27(21-15-26-25(29)10-4-2)17-9-18-28-19-13-24(14-20-28)22-23-11-7-6-8-12-23/h6-8,11-12,24H,3-5,9-10,13-22H2,1-2H3,(H,26,29). The van der Waals surface area contributed by atoms with Gasteiger partial charge in [-0.3, -0.25) is 4.79 Å². The highest BCUT2D eigenvalue weighted by Crippen LogP contribution is 2.21. The van der Waals surface area contributed by atoms with Gasteiger partial charge in [-0.2, -0.15) is 0 Å². The number of unbranched alkanes of at least 4 members (excludes halogenated alkanes) is 1. The maximum absolute atomic E-state index is 11.7. The minimum absolute atomic E-state index is 0.196. The molecule has 0 aromatic heterocycles. The Balaban J connectivity index is 1.61. The Bertz CT molecular complexity index is 540. The molecule has 0 radical (unpaired) electrons. The van der Waals surface area contributed by atoms with Crippen molar-refractivity contribution in [1.29, 1.82) is 0 Å². The molecule has 0 atom stereocenters. The third-order valence-corrected chi connectivity index (χ3v) is 6.08. The topological polar surface area (TPSA) is 35.6 Å². The second-order valence-corrected chi connectivity index (χ2v) is 8.62. The van der Waals surface area contributed by atoms with Gasteiger partial charge in [-0.05, 0) is 82.7 Å². The van der Waals surface area contributed by atoms with Crippen molar-refractivity contribution in [2.75, 3.05) is 45.8 Å². The lowest BCUT2D eigenvalue weighted by Gasteiger charge is -2.32. The first-order valence-electron chi connectivity index (χ1n) is 12.0. The molecule has 1 saturated heterocycles. The van der Waals surface area contributed by atoms with Crippen LogP contribution in [-0.2, 0) is 11.2 Å². The normalized spacial score (nSPS) is 15.7. The Morgan fingerprint density at radius 2 is 1.76 bits per heavy atom. The Labute approximate surface area is 179 Å². The number of nitrogens with one attached hydrogen (secondary N) is 1. The number of benzene rings is 1. The molecule has 2 rings (SSSR count). The Hall–Kier alpha value is -1.39. The average molecular weight is 402 g/mol. The van der Waals surface area contributed by atoms with Gasteiger partial charge in [0.05, 0.1) is 0 Å². The number of amides is 1. The van der Waals surface area contributed by atoms with Crippen LogP contribution in [0.3, 0.4) is 0 Å². The maximum Gasteiger partial charge on any atom is 0.220 e.